The van der Waals surface area contributed by atoms with Crippen LogP contribution in [0.5, 0.6) is 0 Å². The van der Waals surface area contributed by atoms with Gasteiger partial charge in [0.2, 0.25) is 0 Å². The van der Waals surface area contributed by atoms with Crippen LogP contribution in [0.15, 0.2) is 36.0 Å². The molecule has 0 unspecified atom stereocenters. The first-order valence-electron chi connectivity index (χ1n) is 8.44. The number of halogens is 1. The number of hydrogen-bond donors (Lipinski definition) is 0. The number of hydrogen-bond acceptors (Lipinski definition) is 5. The summed E-state index contributed by atoms with van der Waals surface area (Å²) in [4.78, 5) is 32.8. The molecular weight excluding hydrogens is 357 g/mol. The van der Waals surface area contributed by atoms with E-state index in [9.17, 15) is 14.0 Å². The van der Waals surface area contributed by atoms with E-state index in [0.29, 0.717) is 43.0 Å². The Labute approximate surface area is 154 Å². The summed E-state index contributed by atoms with van der Waals surface area (Å²) >= 11 is 1.33. The summed E-state index contributed by atoms with van der Waals surface area (Å²) in [6, 6.07) is 5.91. The van der Waals surface area contributed by atoms with E-state index < -0.39 is 5.60 Å². The van der Waals surface area contributed by atoms with Gasteiger partial charge in [-0.15, -0.1) is 11.3 Å². The smallest absolute Gasteiger partial charge is 0.265 e. The second kappa shape index (κ2) is 6.77. The highest BCUT2D eigenvalue weighted by Gasteiger charge is 2.43. The number of piperidine rings is 1. The number of thiazole rings is 1. The van der Waals surface area contributed by atoms with Gasteiger partial charge in [0.25, 0.3) is 11.8 Å². The maximum absolute atomic E-state index is 13.2. The van der Waals surface area contributed by atoms with Gasteiger partial charge in [-0.3, -0.25) is 14.6 Å². The first kappa shape index (κ1) is 17.1. The van der Waals surface area contributed by atoms with E-state index in [1.54, 1.807) is 33.6 Å². The summed E-state index contributed by atoms with van der Waals surface area (Å²) in [6.45, 7) is 1.56. The normalized spacial score (nSPS) is 19.8. The summed E-state index contributed by atoms with van der Waals surface area (Å²) in [5.74, 6) is -0.478. The van der Waals surface area contributed by atoms with Gasteiger partial charge >= 0.3 is 0 Å². The van der Waals surface area contributed by atoms with Gasteiger partial charge in [0.15, 0.2) is 0 Å². The quantitative estimate of drug-likeness (QED) is 0.808. The topological polar surface area (TPSA) is 62.7 Å². The Morgan fingerprint density at radius 1 is 1.23 bits per heavy atom. The first-order valence-corrected chi connectivity index (χ1v) is 9.32. The van der Waals surface area contributed by atoms with Gasteiger partial charge in [0, 0.05) is 18.8 Å². The number of carbonyl (C=O) groups is 2. The number of anilines is 1. The molecule has 2 saturated heterocycles. The molecule has 2 aromatic rings. The van der Waals surface area contributed by atoms with Crippen molar-refractivity contribution in [1.29, 1.82) is 0 Å². The summed E-state index contributed by atoms with van der Waals surface area (Å²) in [6.07, 6.45) is 2.90. The Balaban J connectivity index is 1.45. The minimum absolute atomic E-state index is 0.000166. The number of aromatic nitrogens is 1. The van der Waals surface area contributed by atoms with Crippen LogP contribution in [0.1, 0.15) is 22.5 Å². The van der Waals surface area contributed by atoms with Gasteiger partial charge in [-0.1, -0.05) is 0 Å². The van der Waals surface area contributed by atoms with Crippen LogP contribution in [0.3, 0.4) is 0 Å². The van der Waals surface area contributed by atoms with E-state index >= 15 is 0 Å². The molecule has 8 heteroatoms. The molecule has 2 aliphatic rings. The third kappa shape index (κ3) is 3.22. The Morgan fingerprint density at radius 2 is 1.96 bits per heavy atom. The third-order valence-electron chi connectivity index (χ3n) is 4.99. The lowest BCUT2D eigenvalue weighted by Crippen LogP contribution is -2.59. The fourth-order valence-corrected chi connectivity index (χ4v) is 4.05. The van der Waals surface area contributed by atoms with Crippen LogP contribution >= 0.6 is 11.3 Å². The zero-order chi connectivity index (χ0) is 18.1. The molecule has 0 saturated carbocycles. The van der Waals surface area contributed by atoms with Crippen molar-refractivity contribution in [2.45, 2.75) is 18.4 Å². The highest BCUT2D eigenvalue weighted by molar-refractivity contribution is 7.11. The lowest BCUT2D eigenvalue weighted by molar-refractivity contribution is -0.143. The molecule has 3 heterocycles. The molecule has 0 bridgehead atoms. The highest BCUT2D eigenvalue weighted by atomic mass is 32.1. The standard InChI is InChI=1S/C18H18FN3O3S/c19-13-1-3-14(4-2-13)22-11-18(25-10-16(22)23)5-7-21(8-6-18)17(24)15-9-20-12-26-15/h1-4,9,12H,5-8,10-11H2. The van der Waals surface area contributed by atoms with Crippen LogP contribution in [0.25, 0.3) is 0 Å². The molecular formula is C18H18FN3O3S. The molecule has 2 fully saturated rings. The van der Waals surface area contributed by atoms with Crippen molar-refractivity contribution < 1.29 is 18.7 Å². The fourth-order valence-electron chi connectivity index (χ4n) is 3.47. The number of carbonyl (C=O) groups excluding carboxylic acids is 2. The number of nitrogens with zero attached hydrogens (tertiary/aromatic N) is 3. The molecule has 1 aromatic carbocycles. The van der Waals surface area contributed by atoms with Crippen molar-refractivity contribution in [2.24, 2.45) is 0 Å². The fraction of sp³-hybridized carbons (Fsp3) is 0.389. The number of benzene rings is 1. The molecule has 6 nitrogen and oxygen atoms in total. The minimum atomic E-state index is -0.466. The Hall–Kier alpha value is -2.32. The van der Waals surface area contributed by atoms with E-state index in [-0.39, 0.29) is 24.2 Å². The van der Waals surface area contributed by atoms with Crippen molar-refractivity contribution in [2.75, 3.05) is 31.1 Å². The maximum Gasteiger partial charge on any atom is 0.265 e. The average molecular weight is 375 g/mol. The van der Waals surface area contributed by atoms with Crippen LogP contribution in [0.2, 0.25) is 0 Å². The lowest BCUT2D eigenvalue weighted by Gasteiger charge is -2.46. The average Bonchev–Trinajstić information content (AvgIpc) is 3.20. The van der Waals surface area contributed by atoms with Crippen LogP contribution in [0.4, 0.5) is 10.1 Å². The Bertz CT molecular complexity index is 802. The Kier molecular flexibility index (Phi) is 4.46. The van der Waals surface area contributed by atoms with E-state index in [0.717, 1.165) is 0 Å². The molecule has 136 valence electrons. The number of morpholine rings is 1. The SMILES string of the molecule is O=C(c1cncs1)N1CCC2(CC1)CN(c1ccc(F)cc1)C(=O)CO2. The van der Waals surface area contributed by atoms with Gasteiger partial charge < -0.3 is 14.5 Å². The lowest BCUT2D eigenvalue weighted by atomic mass is 9.89. The van der Waals surface area contributed by atoms with Gasteiger partial charge in [-0.05, 0) is 37.1 Å². The number of amides is 2. The van der Waals surface area contributed by atoms with Crippen molar-refractivity contribution in [3.05, 3.63) is 46.7 Å². The van der Waals surface area contributed by atoms with E-state index in [1.807, 2.05) is 0 Å². The van der Waals surface area contributed by atoms with Crippen molar-refractivity contribution >= 4 is 28.8 Å². The van der Waals surface area contributed by atoms with Crippen molar-refractivity contribution in [3.8, 4) is 0 Å². The summed E-state index contributed by atoms with van der Waals surface area (Å²) in [7, 11) is 0. The predicted octanol–water partition coefficient (Wildman–Crippen LogP) is 2.32. The number of ether oxygens (including phenoxy) is 1. The molecule has 1 aromatic heterocycles. The molecule has 0 atom stereocenters. The van der Waals surface area contributed by atoms with Gasteiger partial charge in [0.05, 0.1) is 23.9 Å². The monoisotopic (exact) mass is 375 g/mol. The first-order chi connectivity index (χ1) is 12.6. The molecule has 1 spiro atoms. The minimum Gasteiger partial charge on any atom is -0.363 e. The number of likely N-dealkylation sites (tertiary alicyclic amines) is 1. The predicted molar refractivity (Wildman–Crippen MR) is 94.7 cm³/mol. The van der Waals surface area contributed by atoms with E-state index in [1.165, 1.54) is 23.5 Å². The second-order valence-corrected chi connectivity index (χ2v) is 7.47. The van der Waals surface area contributed by atoms with E-state index in [4.69, 9.17) is 4.74 Å². The molecule has 2 aliphatic heterocycles. The second-order valence-electron chi connectivity index (χ2n) is 6.59. The zero-order valence-electron chi connectivity index (χ0n) is 14.1. The van der Waals surface area contributed by atoms with Crippen molar-refractivity contribution in [1.82, 2.24) is 9.88 Å². The van der Waals surface area contributed by atoms with Crippen molar-refractivity contribution in [3.63, 3.8) is 0 Å². The van der Waals surface area contributed by atoms with Crippen LogP contribution in [-0.4, -0.2) is 53.5 Å². The number of rotatable bonds is 2. The Morgan fingerprint density at radius 3 is 2.62 bits per heavy atom. The third-order valence-corrected chi connectivity index (χ3v) is 5.75. The van der Waals surface area contributed by atoms with Gasteiger partial charge in [-0.25, -0.2) is 4.39 Å². The molecule has 26 heavy (non-hydrogen) atoms. The van der Waals surface area contributed by atoms with E-state index in [2.05, 4.69) is 4.98 Å². The molecule has 0 aliphatic carbocycles. The zero-order valence-corrected chi connectivity index (χ0v) is 14.9. The largest absolute Gasteiger partial charge is 0.363 e. The molecule has 4 rings (SSSR count). The van der Waals surface area contributed by atoms with Crippen LogP contribution in [0, 0.1) is 5.82 Å². The molecule has 0 N–H and O–H groups in total. The van der Waals surface area contributed by atoms with Crippen LogP contribution in [-0.2, 0) is 9.53 Å². The molecule has 0 radical (unpaired) electrons. The van der Waals surface area contributed by atoms with Gasteiger partial charge in [-0.2, -0.15) is 0 Å². The summed E-state index contributed by atoms with van der Waals surface area (Å²) in [5.41, 5.74) is 1.85. The highest BCUT2D eigenvalue weighted by Crippen LogP contribution is 2.33. The molecule has 2 amide bonds. The summed E-state index contributed by atoms with van der Waals surface area (Å²) in [5, 5.41) is 0. The maximum atomic E-state index is 13.2. The summed E-state index contributed by atoms with van der Waals surface area (Å²) < 4.78 is 19.1. The van der Waals surface area contributed by atoms with Crippen LogP contribution < -0.4 is 4.90 Å². The van der Waals surface area contributed by atoms with Gasteiger partial charge in [0.1, 0.15) is 17.3 Å².